The topological polar surface area (TPSA) is 93.7 Å². The molecule has 1 fully saturated rings. The quantitative estimate of drug-likeness (QED) is 0.262. The maximum Gasteiger partial charge on any atom is 0.168 e. The van der Waals surface area contributed by atoms with Crippen molar-refractivity contribution in [1.29, 1.82) is 0 Å². The summed E-state index contributed by atoms with van der Waals surface area (Å²) in [7, 11) is 0. The van der Waals surface area contributed by atoms with Crippen molar-refractivity contribution in [3.63, 3.8) is 0 Å². The van der Waals surface area contributed by atoms with Gasteiger partial charge in [0.25, 0.3) is 0 Å². The van der Waals surface area contributed by atoms with E-state index in [-0.39, 0.29) is 12.1 Å². The van der Waals surface area contributed by atoms with E-state index < -0.39 is 0 Å². The van der Waals surface area contributed by atoms with E-state index in [1.807, 2.05) is 21.5 Å². The summed E-state index contributed by atoms with van der Waals surface area (Å²) in [5.74, 6) is 2.97. The van der Waals surface area contributed by atoms with Crippen LogP contribution in [0.15, 0.2) is 60.7 Å². The molecule has 0 radical (unpaired) electrons. The van der Waals surface area contributed by atoms with Crippen LogP contribution >= 0.6 is 0 Å². The number of tetrazole rings is 2. The first kappa shape index (κ1) is 28.0. The van der Waals surface area contributed by atoms with Gasteiger partial charge in [-0.05, 0) is 56.7 Å². The lowest BCUT2D eigenvalue weighted by atomic mass is 9.98. The molecule has 5 rings (SSSR count). The minimum absolute atomic E-state index is 0.174. The van der Waals surface area contributed by atoms with Crippen molar-refractivity contribution in [2.45, 2.75) is 65.7 Å². The molecule has 2 aromatic heterocycles. The Morgan fingerprint density at radius 2 is 0.950 bits per heavy atom. The van der Waals surface area contributed by atoms with Crippen LogP contribution < -0.4 is 0 Å². The first-order valence-electron chi connectivity index (χ1n) is 14.6. The van der Waals surface area contributed by atoms with Crippen LogP contribution in [0.2, 0.25) is 0 Å². The second-order valence-corrected chi connectivity index (χ2v) is 11.7. The molecule has 1 aliphatic rings. The predicted octanol–water partition coefficient (Wildman–Crippen LogP) is 4.25. The first-order valence-corrected chi connectivity index (χ1v) is 14.6. The van der Waals surface area contributed by atoms with Crippen LogP contribution in [-0.2, 0) is 13.1 Å². The number of aromatic nitrogens is 8. The summed E-state index contributed by atoms with van der Waals surface area (Å²) in [6, 6.07) is 21.2. The van der Waals surface area contributed by atoms with E-state index in [1.165, 1.54) is 11.1 Å². The van der Waals surface area contributed by atoms with Crippen molar-refractivity contribution < 1.29 is 0 Å². The number of hydrogen-bond acceptors (Lipinski definition) is 8. The fraction of sp³-hybridized carbons (Fsp3) is 0.533. The molecule has 1 aliphatic heterocycles. The molecule has 0 saturated carbocycles. The van der Waals surface area contributed by atoms with E-state index >= 15 is 0 Å². The molecular formula is C30H42N10. The van der Waals surface area contributed by atoms with Gasteiger partial charge in [-0.15, -0.1) is 10.2 Å². The minimum Gasteiger partial charge on any atom is -0.291 e. The van der Waals surface area contributed by atoms with E-state index in [0.29, 0.717) is 24.9 Å². The summed E-state index contributed by atoms with van der Waals surface area (Å²) in [5, 5.41) is 26.0. The van der Waals surface area contributed by atoms with Crippen molar-refractivity contribution in [3.8, 4) is 0 Å². The largest absolute Gasteiger partial charge is 0.291 e. The highest BCUT2D eigenvalue weighted by molar-refractivity contribution is 5.16. The fourth-order valence-electron chi connectivity index (χ4n) is 5.73. The highest BCUT2D eigenvalue weighted by atomic mass is 15.6. The van der Waals surface area contributed by atoms with E-state index in [2.05, 4.69) is 117 Å². The molecular weight excluding hydrogens is 500 g/mol. The zero-order chi connectivity index (χ0) is 27.9. The summed E-state index contributed by atoms with van der Waals surface area (Å²) < 4.78 is 3.96. The average molecular weight is 543 g/mol. The van der Waals surface area contributed by atoms with Gasteiger partial charge in [0, 0.05) is 26.2 Å². The molecule has 40 heavy (non-hydrogen) atoms. The molecule has 0 amide bonds. The van der Waals surface area contributed by atoms with Crippen LogP contribution in [0.3, 0.4) is 0 Å². The van der Waals surface area contributed by atoms with E-state index in [1.54, 1.807) is 0 Å². The normalized spacial score (nSPS) is 16.6. The molecule has 0 N–H and O–H groups in total. The molecule has 0 aliphatic carbocycles. The molecule has 4 aromatic rings. The summed E-state index contributed by atoms with van der Waals surface area (Å²) in [4.78, 5) is 5.14. The SMILES string of the molecule is CC(C)CC(c1nnnn1Cc1ccccc1)N1CCN(C(CC(C)C)c2nnnn2Cc2ccccc2)CC1. The molecule has 0 spiro atoms. The second kappa shape index (κ2) is 13.2. The van der Waals surface area contributed by atoms with Crippen LogP contribution in [-0.4, -0.2) is 76.4 Å². The van der Waals surface area contributed by atoms with Crippen molar-refractivity contribution in [1.82, 2.24) is 50.2 Å². The number of benzene rings is 2. The van der Waals surface area contributed by atoms with Crippen LogP contribution in [0.5, 0.6) is 0 Å². The lowest BCUT2D eigenvalue weighted by Crippen LogP contribution is -2.50. The second-order valence-electron chi connectivity index (χ2n) is 11.7. The van der Waals surface area contributed by atoms with Gasteiger partial charge in [-0.2, -0.15) is 0 Å². The van der Waals surface area contributed by atoms with E-state index in [4.69, 9.17) is 0 Å². The summed E-state index contributed by atoms with van der Waals surface area (Å²) in [6.45, 7) is 14.3. The lowest BCUT2D eigenvalue weighted by molar-refractivity contribution is 0.0475. The van der Waals surface area contributed by atoms with Gasteiger partial charge in [0.2, 0.25) is 0 Å². The average Bonchev–Trinajstić information content (AvgIpc) is 3.61. The van der Waals surface area contributed by atoms with Gasteiger partial charge < -0.3 is 0 Å². The Morgan fingerprint density at radius 3 is 1.30 bits per heavy atom. The molecule has 10 nitrogen and oxygen atoms in total. The third-order valence-electron chi connectivity index (χ3n) is 7.69. The van der Waals surface area contributed by atoms with Gasteiger partial charge in [0.05, 0.1) is 25.2 Å². The van der Waals surface area contributed by atoms with Crippen molar-refractivity contribution in [2.24, 2.45) is 11.8 Å². The number of nitrogens with zero attached hydrogens (tertiary/aromatic N) is 10. The van der Waals surface area contributed by atoms with Gasteiger partial charge in [-0.25, -0.2) is 9.36 Å². The van der Waals surface area contributed by atoms with Gasteiger partial charge in [-0.1, -0.05) is 88.4 Å². The Kier molecular flexibility index (Phi) is 9.28. The van der Waals surface area contributed by atoms with Gasteiger partial charge in [0.15, 0.2) is 11.6 Å². The van der Waals surface area contributed by atoms with Crippen molar-refractivity contribution >= 4 is 0 Å². The zero-order valence-electron chi connectivity index (χ0n) is 24.2. The van der Waals surface area contributed by atoms with Crippen LogP contribution in [0.1, 0.15) is 75.4 Å². The maximum absolute atomic E-state index is 4.54. The molecule has 2 atom stereocenters. The molecule has 2 unspecified atom stereocenters. The molecule has 212 valence electrons. The van der Waals surface area contributed by atoms with E-state index in [9.17, 15) is 0 Å². The minimum atomic E-state index is 0.174. The van der Waals surface area contributed by atoms with Crippen LogP contribution in [0.4, 0.5) is 0 Å². The Morgan fingerprint density at radius 1 is 0.575 bits per heavy atom. The molecule has 10 heteroatoms. The Hall–Kier alpha value is -3.50. The number of rotatable bonds is 12. The molecule has 2 aromatic carbocycles. The summed E-state index contributed by atoms with van der Waals surface area (Å²) in [5.41, 5.74) is 2.41. The molecule has 3 heterocycles. The van der Waals surface area contributed by atoms with E-state index in [0.717, 1.165) is 50.7 Å². The first-order chi connectivity index (χ1) is 19.5. The van der Waals surface area contributed by atoms with Crippen molar-refractivity contribution in [3.05, 3.63) is 83.4 Å². The van der Waals surface area contributed by atoms with Gasteiger partial charge >= 0.3 is 0 Å². The third kappa shape index (κ3) is 6.98. The number of piperazine rings is 1. The fourth-order valence-corrected chi connectivity index (χ4v) is 5.73. The monoisotopic (exact) mass is 542 g/mol. The Labute approximate surface area is 237 Å². The highest BCUT2D eigenvalue weighted by Gasteiger charge is 2.34. The van der Waals surface area contributed by atoms with Crippen LogP contribution in [0.25, 0.3) is 0 Å². The Balaban J connectivity index is 1.32. The maximum atomic E-state index is 4.54. The third-order valence-corrected chi connectivity index (χ3v) is 7.69. The van der Waals surface area contributed by atoms with Gasteiger partial charge in [-0.3, -0.25) is 9.80 Å². The smallest absolute Gasteiger partial charge is 0.168 e. The Bertz CT molecular complexity index is 1190. The number of hydrogen-bond donors (Lipinski definition) is 0. The van der Waals surface area contributed by atoms with Crippen molar-refractivity contribution in [2.75, 3.05) is 26.2 Å². The standard InChI is InChI=1S/C30H42N10/c1-23(2)19-27(29-31-33-35-39(29)21-25-11-7-5-8-12-25)37-15-17-38(18-16-37)28(20-24(3)4)30-32-34-36-40(30)22-26-13-9-6-10-14-26/h5-14,23-24,27-28H,15-22H2,1-4H3. The van der Waals surface area contributed by atoms with Crippen LogP contribution in [0, 0.1) is 11.8 Å². The summed E-state index contributed by atoms with van der Waals surface area (Å²) in [6.07, 6.45) is 2.03. The predicted molar refractivity (Wildman–Crippen MR) is 154 cm³/mol. The van der Waals surface area contributed by atoms with Gasteiger partial charge in [0.1, 0.15) is 0 Å². The lowest BCUT2D eigenvalue weighted by Gasteiger charge is -2.42. The zero-order valence-corrected chi connectivity index (χ0v) is 24.2. The highest BCUT2D eigenvalue weighted by Crippen LogP contribution is 2.32. The molecule has 1 saturated heterocycles. The summed E-state index contributed by atoms with van der Waals surface area (Å²) >= 11 is 0. The molecule has 0 bridgehead atoms.